The van der Waals surface area contributed by atoms with Crippen molar-refractivity contribution < 1.29 is 14.6 Å². The highest BCUT2D eigenvalue weighted by molar-refractivity contribution is 5.98. The minimum absolute atomic E-state index is 0.0838. The predicted octanol–water partition coefficient (Wildman–Crippen LogP) is 2.27. The lowest BCUT2D eigenvalue weighted by molar-refractivity contribution is 0.0890. The van der Waals surface area contributed by atoms with Gasteiger partial charge >= 0.3 is 0 Å². The summed E-state index contributed by atoms with van der Waals surface area (Å²) >= 11 is 0. The Bertz CT molecular complexity index is 388. The average Bonchev–Trinajstić information content (AvgIpc) is 2.27. The third-order valence-electron chi connectivity index (χ3n) is 2.75. The quantitative estimate of drug-likeness (QED) is 0.795. The number of Topliss-reactive ketones (excluding diaryl/α,β-unsaturated/α-hetero) is 1. The summed E-state index contributed by atoms with van der Waals surface area (Å²) in [6.45, 7) is 5.74. The Morgan fingerprint density at radius 2 is 2.06 bits per heavy atom. The van der Waals surface area contributed by atoms with Crippen LogP contribution >= 0.6 is 0 Å². The molecule has 1 heterocycles. The Hall–Kier alpha value is -1.58. The van der Waals surface area contributed by atoms with E-state index >= 15 is 0 Å². The van der Waals surface area contributed by atoms with Crippen molar-refractivity contribution in [1.82, 2.24) is 4.98 Å². The average molecular weight is 223 g/mol. The summed E-state index contributed by atoms with van der Waals surface area (Å²) in [5.74, 6) is -0.0337. The van der Waals surface area contributed by atoms with Crippen molar-refractivity contribution in [3.05, 3.63) is 18.0 Å². The number of hydrogen-bond donors (Lipinski definition) is 1. The van der Waals surface area contributed by atoms with Crippen LogP contribution in [0.25, 0.3) is 0 Å². The minimum Gasteiger partial charge on any atom is -0.503 e. The van der Waals surface area contributed by atoms with Gasteiger partial charge in [0, 0.05) is 18.2 Å². The number of aromatic nitrogens is 1. The molecule has 0 bridgehead atoms. The number of nitrogens with zero attached hydrogens (tertiary/aromatic N) is 1. The maximum atomic E-state index is 12.0. The molecule has 0 aromatic carbocycles. The van der Waals surface area contributed by atoms with Crippen LogP contribution in [0.2, 0.25) is 0 Å². The van der Waals surface area contributed by atoms with Crippen LogP contribution in [0.3, 0.4) is 0 Å². The van der Waals surface area contributed by atoms with Gasteiger partial charge in [0.15, 0.2) is 23.0 Å². The van der Waals surface area contributed by atoms with E-state index in [4.69, 9.17) is 4.74 Å². The molecule has 1 aromatic rings. The molecule has 1 atom stereocenters. The summed E-state index contributed by atoms with van der Waals surface area (Å²) in [4.78, 5) is 15.9. The summed E-state index contributed by atoms with van der Waals surface area (Å²) in [5, 5.41) is 9.78. The molecule has 1 aromatic heterocycles. The molecule has 16 heavy (non-hydrogen) atoms. The minimum atomic E-state index is -0.178. The highest BCUT2D eigenvalue weighted by atomic mass is 16.5. The summed E-state index contributed by atoms with van der Waals surface area (Å²) in [6.07, 6.45) is 1.46. The Morgan fingerprint density at radius 3 is 2.56 bits per heavy atom. The SMILES string of the molecule is COc1ccnc(C(=O)C(C)C(C)C)c1O. The molecule has 4 nitrogen and oxygen atoms in total. The maximum absolute atomic E-state index is 12.0. The van der Waals surface area contributed by atoms with Crippen molar-refractivity contribution >= 4 is 5.78 Å². The fourth-order valence-corrected chi connectivity index (χ4v) is 1.30. The Labute approximate surface area is 95.3 Å². The van der Waals surface area contributed by atoms with Crippen molar-refractivity contribution in [2.45, 2.75) is 20.8 Å². The summed E-state index contributed by atoms with van der Waals surface area (Å²) in [7, 11) is 1.44. The first-order chi connectivity index (χ1) is 7.49. The molecule has 0 saturated carbocycles. The lowest BCUT2D eigenvalue weighted by atomic mass is 9.91. The molecule has 1 unspecified atom stereocenters. The van der Waals surface area contributed by atoms with E-state index in [9.17, 15) is 9.90 Å². The molecular weight excluding hydrogens is 206 g/mol. The van der Waals surface area contributed by atoms with Crippen molar-refractivity contribution in [3.63, 3.8) is 0 Å². The fourth-order valence-electron chi connectivity index (χ4n) is 1.30. The molecule has 0 radical (unpaired) electrons. The lowest BCUT2D eigenvalue weighted by Gasteiger charge is -2.14. The molecule has 88 valence electrons. The number of carbonyl (C=O) groups is 1. The summed E-state index contributed by atoms with van der Waals surface area (Å²) in [5.41, 5.74) is 0.0838. The topological polar surface area (TPSA) is 59.4 Å². The van der Waals surface area contributed by atoms with Crippen LogP contribution in [0.1, 0.15) is 31.3 Å². The smallest absolute Gasteiger partial charge is 0.188 e. The zero-order valence-corrected chi connectivity index (χ0v) is 10.0. The van der Waals surface area contributed by atoms with Crippen molar-refractivity contribution in [2.75, 3.05) is 7.11 Å². The molecule has 0 aliphatic rings. The maximum Gasteiger partial charge on any atom is 0.188 e. The molecule has 0 fully saturated rings. The van der Waals surface area contributed by atoms with E-state index in [1.165, 1.54) is 19.4 Å². The van der Waals surface area contributed by atoms with Gasteiger partial charge in [0.25, 0.3) is 0 Å². The van der Waals surface area contributed by atoms with Gasteiger partial charge in [-0.05, 0) is 5.92 Å². The fraction of sp³-hybridized carbons (Fsp3) is 0.500. The van der Waals surface area contributed by atoms with Gasteiger partial charge in [-0.15, -0.1) is 0 Å². The van der Waals surface area contributed by atoms with Crippen LogP contribution in [0, 0.1) is 11.8 Å². The molecule has 0 aliphatic heterocycles. The Morgan fingerprint density at radius 1 is 1.44 bits per heavy atom. The normalized spacial score (nSPS) is 12.6. The lowest BCUT2D eigenvalue weighted by Crippen LogP contribution is -2.18. The van der Waals surface area contributed by atoms with E-state index in [1.807, 2.05) is 20.8 Å². The Balaban J connectivity index is 3.09. The van der Waals surface area contributed by atoms with Gasteiger partial charge in [0.2, 0.25) is 0 Å². The van der Waals surface area contributed by atoms with Crippen molar-refractivity contribution in [1.29, 1.82) is 0 Å². The number of pyridine rings is 1. The standard InChI is InChI=1S/C12H17NO3/c1-7(2)8(3)11(14)10-12(15)9(16-4)5-6-13-10/h5-8,15H,1-4H3. The molecule has 0 aliphatic carbocycles. The van der Waals surface area contributed by atoms with Gasteiger partial charge in [-0.25, -0.2) is 4.98 Å². The summed E-state index contributed by atoms with van der Waals surface area (Å²) in [6, 6.07) is 1.52. The number of carbonyl (C=O) groups excluding carboxylic acids is 1. The van der Waals surface area contributed by atoms with Gasteiger partial charge in [-0.1, -0.05) is 20.8 Å². The predicted molar refractivity (Wildman–Crippen MR) is 60.8 cm³/mol. The molecule has 0 saturated heterocycles. The second-order valence-corrected chi connectivity index (χ2v) is 4.11. The van der Waals surface area contributed by atoms with Crippen LogP contribution < -0.4 is 4.74 Å². The van der Waals surface area contributed by atoms with Gasteiger partial charge in [0.05, 0.1) is 7.11 Å². The van der Waals surface area contributed by atoms with E-state index in [1.54, 1.807) is 0 Å². The van der Waals surface area contributed by atoms with Gasteiger partial charge in [0.1, 0.15) is 0 Å². The highest BCUT2D eigenvalue weighted by Gasteiger charge is 2.24. The van der Waals surface area contributed by atoms with E-state index < -0.39 is 0 Å². The van der Waals surface area contributed by atoms with Gasteiger partial charge < -0.3 is 9.84 Å². The first kappa shape index (κ1) is 12.5. The van der Waals surface area contributed by atoms with Crippen molar-refractivity contribution in [2.24, 2.45) is 11.8 Å². The largest absolute Gasteiger partial charge is 0.503 e. The van der Waals surface area contributed by atoms with Gasteiger partial charge in [-0.2, -0.15) is 0 Å². The van der Waals surface area contributed by atoms with Gasteiger partial charge in [-0.3, -0.25) is 4.79 Å². The van der Waals surface area contributed by atoms with E-state index in [-0.39, 0.29) is 34.8 Å². The third-order valence-corrected chi connectivity index (χ3v) is 2.75. The highest BCUT2D eigenvalue weighted by Crippen LogP contribution is 2.30. The molecule has 4 heteroatoms. The zero-order chi connectivity index (χ0) is 12.3. The second kappa shape index (κ2) is 4.96. The molecule has 0 spiro atoms. The first-order valence-electron chi connectivity index (χ1n) is 5.25. The molecule has 1 rings (SSSR count). The molecule has 0 amide bonds. The second-order valence-electron chi connectivity index (χ2n) is 4.11. The first-order valence-corrected chi connectivity index (χ1v) is 5.25. The monoisotopic (exact) mass is 223 g/mol. The van der Waals surface area contributed by atoms with Crippen LogP contribution in [0.15, 0.2) is 12.3 Å². The third kappa shape index (κ3) is 2.32. The number of rotatable bonds is 4. The van der Waals surface area contributed by atoms with E-state index in [0.717, 1.165) is 0 Å². The van der Waals surface area contributed by atoms with Crippen LogP contribution in [-0.4, -0.2) is 23.0 Å². The van der Waals surface area contributed by atoms with E-state index in [2.05, 4.69) is 4.98 Å². The molecular formula is C12H17NO3. The number of methoxy groups -OCH3 is 1. The zero-order valence-electron chi connectivity index (χ0n) is 10.0. The van der Waals surface area contributed by atoms with Crippen LogP contribution in [-0.2, 0) is 0 Å². The van der Waals surface area contributed by atoms with Crippen LogP contribution in [0.5, 0.6) is 11.5 Å². The number of hydrogen-bond acceptors (Lipinski definition) is 4. The number of ketones is 1. The number of ether oxygens (including phenoxy) is 1. The van der Waals surface area contributed by atoms with Crippen LogP contribution in [0.4, 0.5) is 0 Å². The summed E-state index contributed by atoms with van der Waals surface area (Å²) < 4.78 is 4.93. The number of aromatic hydroxyl groups is 1. The Kier molecular flexibility index (Phi) is 3.88. The van der Waals surface area contributed by atoms with E-state index in [0.29, 0.717) is 0 Å². The van der Waals surface area contributed by atoms with Crippen molar-refractivity contribution in [3.8, 4) is 11.5 Å². The molecule has 1 N–H and O–H groups in total.